The largest absolute Gasteiger partial charge is 0.383 e. The van der Waals surface area contributed by atoms with E-state index in [4.69, 9.17) is 4.74 Å². The summed E-state index contributed by atoms with van der Waals surface area (Å²) in [6.07, 6.45) is 0. The van der Waals surface area contributed by atoms with Crippen molar-refractivity contribution < 1.29 is 4.74 Å². The monoisotopic (exact) mass is 202 g/mol. The zero-order valence-electron chi connectivity index (χ0n) is 10.6. The predicted octanol–water partition coefficient (Wildman–Crippen LogP) is 1.34. The maximum atomic E-state index is 5.14. The van der Waals surface area contributed by atoms with Gasteiger partial charge in [-0.05, 0) is 34.4 Å². The number of rotatable bonds is 7. The summed E-state index contributed by atoms with van der Waals surface area (Å²) in [6, 6.07) is 0.470. The molecule has 0 aromatic heterocycles. The van der Waals surface area contributed by atoms with Crippen molar-refractivity contribution in [2.24, 2.45) is 0 Å². The second-order valence-corrected chi connectivity index (χ2v) is 4.63. The summed E-state index contributed by atoms with van der Waals surface area (Å²) in [4.78, 5) is 2.33. The SMILES string of the molecule is CCNC(C)(C)CN(C)C(C)COC. The van der Waals surface area contributed by atoms with Gasteiger partial charge in [-0.1, -0.05) is 6.92 Å². The third-order valence-corrected chi connectivity index (χ3v) is 2.46. The second kappa shape index (κ2) is 6.38. The van der Waals surface area contributed by atoms with E-state index in [2.05, 4.69) is 45.0 Å². The lowest BCUT2D eigenvalue weighted by Crippen LogP contribution is -2.50. The smallest absolute Gasteiger partial charge is 0.0615 e. The molecule has 0 fully saturated rings. The Hall–Kier alpha value is -0.120. The van der Waals surface area contributed by atoms with Crippen LogP contribution in [0.3, 0.4) is 0 Å². The molecule has 0 heterocycles. The molecule has 3 nitrogen and oxygen atoms in total. The molecule has 0 rings (SSSR count). The van der Waals surface area contributed by atoms with Gasteiger partial charge in [-0.25, -0.2) is 0 Å². The van der Waals surface area contributed by atoms with Crippen LogP contribution in [0.4, 0.5) is 0 Å². The third-order valence-electron chi connectivity index (χ3n) is 2.46. The van der Waals surface area contributed by atoms with Crippen molar-refractivity contribution in [3.63, 3.8) is 0 Å². The highest BCUT2D eigenvalue weighted by atomic mass is 16.5. The maximum absolute atomic E-state index is 5.14. The molecule has 1 N–H and O–H groups in total. The summed E-state index contributed by atoms with van der Waals surface area (Å²) < 4.78 is 5.14. The van der Waals surface area contributed by atoms with Gasteiger partial charge in [-0.15, -0.1) is 0 Å². The lowest BCUT2D eigenvalue weighted by Gasteiger charge is -2.34. The second-order valence-electron chi connectivity index (χ2n) is 4.63. The van der Waals surface area contributed by atoms with Gasteiger partial charge in [0.2, 0.25) is 0 Å². The van der Waals surface area contributed by atoms with E-state index >= 15 is 0 Å². The molecule has 0 spiro atoms. The third kappa shape index (κ3) is 5.58. The van der Waals surface area contributed by atoms with Crippen molar-refractivity contribution in [2.45, 2.75) is 39.3 Å². The lowest BCUT2D eigenvalue weighted by molar-refractivity contribution is 0.0994. The fourth-order valence-corrected chi connectivity index (χ4v) is 1.68. The van der Waals surface area contributed by atoms with E-state index < -0.39 is 0 Å². The zero-order valence-corrected chi connectivity index (χ0v) is 10.6. The van der Waals surface area contributed by atoms with Gasteiger partial charge >= 0.3 is 0 Å². The van der Waals surface area contributed by atoms with Crippen LogP contribution in [0.15, 0.2) is 0 Å². The maximum Gasteiger partial charge on any atom is 0.0615 e. The lowest BCUT2D eigenvalue weighted by atomic mass is 10.0. The Labute approximate surface area is 88.8 Å². The first kappa shape index (κ1) is 13.9. The first-order chi connectivity index (χ1) is 6.43. The number of hydrogen-bond acceptors (Lipinski definition) is 3. The van der Waals surface area contributed by atoms with Gasteiger partial charge in [0.1, 0.15) is 0 Å². The Morgan fingerprint density at radius 3 is 2.43 bits per heavy atom. The molecule has 0 saturated heterocycles. The van der Waals surface area contributed by atoms with Gasteiger partial charge in [0.25, 0.3) is 0 Å². The summed E-state index contributed by atoms with van der Waals surface area (Å²) in [6.45, 7) is 11.6. The molecule has 1 unspecified atom stereocenters. The molecule has 0 aromatic rings. The predicted molar refractivity (Wildman–Crippen MR) is 61.7 cm³/mol. The summed E-state index contributed by atoms with van der Waals surface area (Å²) in [5, 5.41) is 3.47. The highest BCUT2D eigenvalue weighted by molar-refractivity contribution is 4.81. The van der Waals surface area contributed by atoms with Crippen LogP contribution < -0.4 is 5.32 Å². The standard InChI is InChI=1S/C11H26N2O/c1-7-12-11(3,4)9-13(5)10(2)8-14-6/h10,12H,7-9H2,1-6H3. The number of nitrogens with zero attached hydrogens (tertiary/aromatic N) is 1. The molecule has 0 aliphatic heterocycles. The number of hydrogen-bond donors (Lipinski definition) is 1. The Morgan fingerprint density at radius 1 is 1.43 bits per heavy atom. The van der Waals surface area contributed by atoms with Crippen molar-refractivity contribution in [1.82, 2.24) is 10.2 Å². The molecule has 0 amide bonds. The van der Waals surface area contributed by atoms with Crippen LogP contribution >= 0.6 is 0 Å². The van der Waals surface area contributed by atoms with Crippen LogP contribution in [-0.4, -0.2) is 50.3 Å². The summed E-state index contributed by atoms with van der Waals surface area (Å²) in [5.41, 5.74) is 0.172. The van der Waals surface area contributed by atoms with E-state index in [1.165, 1.54) is 0 Å². The van der Waals surface area contributed by atoms with Gasteiger partial charge < -0.3 is 10.1 Å². The molecule has 86 valence electrons. The van der Waals surface area contributed by atoms with Gasteiger partial charge in [-0.2, -0.15) is 0 Å². The minimum absolute atomic E-state index is 0.172. The van der Waals surface area contributed by atoms with E-state index in [0.29, 0.717) is 6.04 Å². The Morgan fingerprint density at radius 2 is 2.00 bits per heavy atom. The van der Waals surface area contributed by atoms with E-state index in [1.54, 1.807) is 7.11 Å². The topological polar surface area (TPSA) is 24.5 Å². The number of likely N-dealkylation sites (N-methyl/N-ethyl adjacent to an activating group) is 2. The Bertz CT molecular complexity index is 148. The number of ether oxygens (including phenoxy) is 1. The average molecular weight is 202 g/mol. The molecule has 0 saturated carbocycles. The molecule has 0 radical (unpaired) electrons. The molecule has 0 aliphatic carbocycles. The number of nitrogens with one attached hydrogen (secondary N) is 1. The Kier molecular flexibility index (Phi) is 6.33. The van der Waals surface area contributed by atoms with Crippen molar-refractivity contribution in [2.75, 3.05) is 33.9 Å². The molecule has 14 heavy (non-hydrogen) atoms. The van der Waals surface area contributed by atoms with Crippen LogP contribution in [0, 0.1) is 0 Å². The van der Waals surface area contributed by atoms with Crippen LogP contribution in [0.2, 0.25) is 0 Å². The van der Waals surface area contributed by atoms with Gasteiger partial charge in [0.15, 0.2) is 0 Å². The van der Waals surface area contributed by atoms with Crippen molar-refractivity contribution >= 4 is 0 Å². The summed E-state index contributed by atoms with van der Waals surface area (Å²) in [7, 11) is 3.89. The number of methoxy groups -OCH3 is 1. The van der Waals surface area contributed by atoms with E-state index in [-0.39, 0.29) is 5.54 Å². The quantitative estimate of drug-likeness (QED) is 0.674. The van der Waals surface area contributed by atoms with Gasteiger partial charge in [0.05, 0.1) is 6.61 Å². The van der Waals surface area contributed by atoms with Gasteiger partial charge in [0, 0.05) is 25.2 Å². The van der Waals surface area contributed by atoms with Crippen molar-refractivity contribution in [3.8, 4) is 0 Å². The van der Waals surface area contributed by atoms with E-state index in [0.717, 1.165) is 19.7 Å². The molecule has 1 atom stereocenters. The molecule has 0 bridgehead atoms. The van der Waals surface area contributed by atoms with Crippen molar-refractivity contribution in [1.29, 1.82) is 0 Å². The molecule has 0 aromatic carbocycles. The van der Waals surface area contributed by atoms with Gasteiger partial charge in [-0.3, -0.25) is 4.90 Å². The molecule has 3 heteroatoms. The fourth-order valence-electron chi connectivity index (χ4n) is 1.68. The van der Waals surface area contributed by atoms with Crippen LogP contribution in [0.1, 0.15) is 27.7 Å². The molecular weight excluding hydrogens is 176 g/mol. The Balaban J connectivity index is 3.96. The first-order valence-electron chi connectivity index (χ1n) is 5.37. The van der Waals surface area contributed by atoms with Crippen LogP contribution in [-0.2, 0) is 4.74 Å². The summed E-state index contributed by atoms with van der Waals surface area (Å²) in [5.74, 6) is 0. The minimum atomic E-state index is 0.172. The van der Waals surface area contributed by atoms with E-state index in [9.17, 15) is 0 Å². The molecule has 0 aliphatic rings. The minimum Gasteiger partial charge on any atom is -0.383 e. The first-order valence-corrected chi connectivity index (χ1v) is 5.37. The highest BCUT2D eigenvalue weighted by Gasteiger charge is 2.20. The van der Waals surface area contributed by atoms with Crippen LogP contribution in [0.25, 0.3) is 0 Å². The van der Waals surface area contributed by atoms with Crippen LogP contribution in [0.5, 0.6) is 0 Å². The average Bonchev–Trinajstić information content (AvgIpc) is 2.03. The van der Waals surface area contributed by atoms with E-state index in [1.807, 2.05) is 0 Å². The zero-order chi connectivity index (χ0) is 11.2. The highest BCUT2D eigenvalue weighted by Crippen LogP contribution is 2.06. The normalized spacial score (nSPS) is 14.8. The summed E-state index contributed by atoms with van der Waals surface area (Å²) >= 11 is 0. The molecular formula is C11H26N2O. The fraction of sp³-hybridized carbons (Fsp3) is 1.00. The van der Waals surface area contributed by atoms with Crippen molar-refractivity contribution in [3.05, 3.63) is 0 Å².